The lowest BCUT2D eigenvalue weighted by Crippen LogP contribution is -2.16. The first-order valence-electron chi connectivity index (χ1n) is 5.24. The topological polar surface area (TPSA) is 55.1 Å². The van der Waals surface area contributed by atoms with Crippen molar-refractivity contribution in [1.29, 1.82) is 0 Å². The average Bonchev–Trinajstić information content (AvgIpc) is 2.71. The van der Waals surface area contributed by atoms with E-state index in [0.717, 1.165) is 24.9 Å². The molecule has 0 spiro atoms. The van der Waals surface area contributed by atoms with E-state index < -0.39 is 0 Å². The number of carbonyl (C=O) groups is 1. The van der Waals surface area contributed by atoms with Crippen molar-refractivity contribution >= 4 is 17.2 Å². The number of thiophene rings is 1. The highest BCUT2D eigenvalue weighted by Gasteiger charge is 2.31. The summed E-state index contributed by atoms with van der Waals surface area (Å²) in [5, 5.41) is 5.22. The van der Waals surface area contributed by atoms with Gasteiger partial charge in [-0.25, -0.2) is 0 Å². The predicted molar refractivity (Wildman–Crippen MR) is 61.8 cm³/mol. The van der Waals surface area contributed by atoms with E-state index in [9.17, 15) is 4.79 Å². The third-order valence-corrected chi connectivity index (χ3v) is 3.86. The fourth-order valence-electron chi connectivity index (χ4n) is 1.67. The Balaban J connectivity index is 1.75. The molecule has 1 aliphatic rings. The number of hydrogen-bond donors (Lipinski definition) is 2. The van der Waals surface area contributed by atoms with Crippen LogP contribution in [-0.2, 0) is 6.54 Å². The Kier molecular flexibility index (Phi) is 3.07. The van der Waals surface area contributed by atoms with E-state index in [4.69, 9.17) is 5.73 Å². The summed E-state index contributed by atoms with van der Waals surface area (Å²) in [6.07, 6.45) is 1.35. The molecule has 1 saturated carbocycles. The fraction of sp³-hybridized carbons (Fsp3) is 0.545. The number of rotatable bonds is 5. The summed E-state index contributed by atoms with van der Waals surface area (Å²) in [6, 6.07) is 1.87. The van der Waals surface area contributed by atoms with Crippen LogP contribution in [0.4, 0.5) is 0 Å². The van der Waals surface area contributed by atoms with Crippen LogP contribution in [0.15, 0.2) is 11.4 Å². The molecule has 1 heterocycles. The molecule has 82 valence electrons. The van der Waals surface area contributed by atoms with E-state index >= 15 is 0 Å². The van der Waals surface area contributed by atoms with Gasteiger partial charge < -0.3 is 11.1 Å². The molecule has 1 amide bonds. The van der Waals surface area contributed by atoms with Crippen LogP contribution in [0.3, 0.4) is 0 Å². The maximum atomic E-state index is 10.9. The van der Waals surface area contributed by atoms with Crippen LogP contribution in [0.1, 0.15) is 28.6 Å². The van der Waals surface area contributed by atoms with Crippen molar-refractivity contribution in [2.24, 2.45) is 17.6 Å². The maximum Gasteiger partial charge on any atom is 0.249 e. The van der Waals surface area contributed by atoms with Gasteiger partial charge in [0.1, 0.15) is 0 Å². The molecule has 0 aromatic carbocycles. The molecule has 0 saturated heterocycles. The Bertz CT molecular complexity index is 361. The van der Waals surface area contributed by atoms with Gasteiger partial charge in [0, 0.05) is 16.8 Å². The van der Waals surface area contributed by atoms with Gasteiger partial charge in [-0.3, -0.25) is 4.79 Å². The summed E-state index contributed by atoms with van der Waals surface area (Å²) in [5.74, 6) is 1.41. The van der Waals surface area contributed by atoms with Gasteiger partial charge in [0.25, 0.3) is 0 Å². The van der Waals surface area contributed by atoms with E-state index in [-0.39, 0.29) is 5.91 Å². The molecule has 2 rings (SSSR count). The standard InChI is InChI=1S/C11H16N2OS/c1-7-2-8(7)4-13-5-10-3-9(6-15-10)11(12)14/h3,6-8,13H,2,4-5H2,1H3,(H2,12,14). The quantitative estimate of drug-likeness (QED) is 0.798. The molecule has 1 fully saturated rings. The summed E-state index contributed by atoms with van der Waals surface area (Å²) in [6.45, 7) is 4.22. The summed E-state index contributed by atoms with van der Waals surface area (Å²) in [5.41, 5.74) is 5.80. The minimum absolute atomic E-state index is 0.340. The zero-order valence-electron chi connectivity index (χ0n) is 8.82. The fourth-order valence-corrected chi connectivity index (χ4v) is 2.51. The Hall–Kier alpha value is -0.870. The van der Waals surface area contributed by atoms with Gasteiger partial charge in [-0.2, -0.15) is 0 Å². The number of nitrogens with two attached hydrogens (primary N) is 1. The monoisotopic (exact) mass is 224 g/mol. The van der Waals surface area contributed by atoms with Crippen molar-refractivity contribution in [3.05, 3.63) is 21.9 Å². The first kappa shape index (κ1) is 10.6. The van der Waals surface area contributed by atoms with Crippen molar-refractivity contribution in [3.8, 4) is 0 Å². The molecular weight excluding hydrogens is 208 g/mol. The van der Waals surface area contributed by atoms with E-state index in [2.05, 4.69) is 12.2 Å². The van der Waals surface area contributed by atoms with Crippen molar-refractivity contribution in [1.82, 2.24) is 5.32 Å². The molecule has 4 heteroatoms. The zero-order valence-corrected chi connectivity index (χ0v) is 9.64. The third kappa shape index (κ3) is 2.79. The molecule has 1 aliphatic carbocycles. The molecule has 1 aromatic heterocycles. The predicted octanol–water partition coefficient (Wildman–Crippen LogP) is 1.59. The van der Waals surface area contributed by atoms with Crippen LogP contribution in [0, 0.1) is 11.8 Å². The molecule has 0 bridgehead atoms. The normalized spacial score (nSPS) is 24.1. The van der Waals surface area contributed by atoms with Crippen molar-refractivity contribution < 1.29 is 4.79 Å². The lowest BCUT2D eigenvalue weighted by Gasteiger charge is -2.00. The van der Waals surface area contributed by atoms with Crippen LogP contribution in [-0.4, -0.2) is 12.5 Å². The lowest BCUT2D eigenvalue weighted by atomic mass is 10.3. The molecule has 2 atom stereocenters. The lowest BCUT2D eigenvalue weighted by molar-refractivity contribution is 0.100. The average molecular weight is 224 g/mol. The van der Waals surface area contributed by atoms with Gasteiger partial charge in [0.15, 0.2) is 0 Å². The molecule has 0 aliphatic heterocycles. The molecule has 3 nitrogen and oxygen atoms in total. The Morgan fingerprint density at radius 1 is 1.73 bits per heavy atom. The molecule has 15 heavy (non-hydrogen) atoms. The maximum absolute atomic E-state index is 10.9. The summed E-state index contributed by atoms with van der Waals surface area (Å²) in [7, 11) is 0. The van der Waals surface area contributed by atoms with Gasteiger partial charge >= 0.3 is 0 Å². The number of hydrogen-bond acceptors (Lipinski definition) is 3. The minimum atomic E-state index is -0.340. The van der Waals surface area contributed by atoms with Gasteiger partial charge in [0.05, 0.1) is 5.56 Å². The number of carbonyl (C=O) groups excluding carboxylic acids is 1. The highest BCUT2D eigenvalue weighted by Crippen LogP contribution is 2.36. The Labute approximate surface area is 93.7 Å². The van der Waals surface area contributed by atoms with Gasteiger partial charge in [0.2, 0.25) is 5.91 Å². The van der Waals surface area contributed by atoms with Gasteiger partial charge in [-0.05, 0) is 30.9 Å². The first-order valence-corrected chi connectivity index (χ1v) is 6.12. The number of primary amides is 1. The van der Waals surface area contributed by atoms with Crippen molar-refractivity contribution in [2.45, 2.75) is 19.9 Å². The second-order valence-electron chi connectivity index (χ2n) is 4.27. The SMILES string of the molecule is CC1CC1CNCc1cc(C(N)=O)cs1. The molecular formula is C11H16N2OS. The number of amides is 1. The van der Waals surface area contributed by atoms with Crippen LogP contribution in [0.25, 0.3) is 0 Å². The van der Waals surface area contributed by atoms with E-state index in [1.165, 1.54) is 11.3 Å². The molecule has 0 radical (unpaired) electrons. The number of nitrogens with one attached hydrogen (secondary N) is 1. The van der Waals surface area contributed by atoms with Crippen molar-refractivity contribution in [2.75, 3.05) is 6.54 Å². The highest BCUT2D eigenvalue weighted by molar-refractivity contribution is 7.10. The largest absolute Gasteiger partial charge is 0.366 e. The minimum Gasteiger partial charge on any atom is -0.366 e. The highest BCUT2D eigenvalue weighted by atomic mass is 32.1. The molecule has 3 N–H and O–H groups in total. The summed E-state index contributed by atoms with van der Waals surface area (Å²) >= 11 is 1.59. The summed E-state index contributed by atoms with van der Waals surface area (Å²) < 4.78 is 0. The first-order chi connectivity index (χ1) is 7.16. The van der Waals surface area contributed by atoms with Gasteiger partial charge in [-0.15, -0.1) is 11.3 Å². The van der Waals surface area contributed by atoms with E-state index in [1.54, 1.807) is 11.3 Å². The van der Waals surface area contributed by atoms with Crippen LogP contribution in [0.2, 0.25) is 0 Å². The third-order valence-electron chi connectivity index (χ3n) is 2.92. The van der Waals surface area contributed by atoms with Gasteiger partial charge in [-0.1, -0.05) is 6.92 Å². The van der Waals surface area contributed by atoms with E-state index in [0.29, 0.717) is 5.56 Å². The Morgan fingerprint density at radius 3 is 3.00 bits per heavy atom. The Morgan fingerprint density at radius 2 is 2.47 bits per heavy atom. The second kappa shape index (κ2) is 4.33. The van der Waals surface area contributed by atoms with Crippen LogP contribution in [0.5, 0.6) is 0 Å². The smallest absolute Gasteiger partial charge is 0.249 e. The van der Waals surface area contributed by atoms with E-state index in [1.807, 2.05) is 11.4 Å². The van der Waals surface area contributed by atoms with Crippen molar-refractivity contribution in [3.63, 3.8) is 0 Å². The second-order valence-corrected chi connectivity index (χ2v) is 5.27. The molecule has 2 unspecified atom stereocenters. The summed E-state index contributed by atoms with van der Waals surface area (Å²) in [4.78, 5) is 12.0. The van der Waals surface area contributed by atoms with Crippen LogP contribution < -0.4 is 11.1 Å². The zero-order chi connectivity index (χ0) is 10.8. The van der Waals surface area contributed by atoms with Crippen LogP contribution >= 0.6 is 11.3 Å². The molecule has 1 aromatic rings.